The molecule has 0 N–H and O–H groups in total. The fourth-order valence-corrected chi connectivity index (χ4v) is 2.04. The molecular formula is C15H12N2O. The van der Waals surface area contributed by atoms with E-state index in [0.717, 1.165) is 11.3 Å². The highest BCUT2D eigenvalue weighted by atomic mass is 16.2. The summed E-state index contributed by atoms with van der Waals surface area (Å²) in [6, 6.07) is 19.2. The van der Waals surface area contributed by atoms with Crippen molar-refractivity contribution >= 4 is 17.8 Å². The number of hydrogen-bond acceptors (Lipinski definition) is 2. The van der Waals surface area contributed by atoms with Gasteiger partial charge >= 0.3 is 0 Å². The van der Waals surface area contributed by atoms with E-state index in [-0.39, 0.29) is 11.8 Å². The molecule has 3 rings (SSSR count). The van der Waals surface area contributed by atoms with Gasteiger partial charge in [-0.25, -0.2) is 5.01 Å². The van der Waals surface area contributed by atoms with Gasteiger partial charge in [-0.05, 0) is 17.7 Å². The summed E-state index contributed by atoms with van der Waals surface area (Å²) in [5, 5.41) is 5.66. The summed E-state index contributed by atoms with van der Waals surface area (Å²) in [4.78, 5) is 12.3. The van der Waals surface area contributed by atoms with Crippen LogP contribution in [0.3, 0.4) is 0 Å². The Bertz CT molecular complexity index is 526. The van der Waals surface area contributed by atoms with E-state index in [1.807, 2.05) is 60.7 Å². The van der Waals surface area contributed by atoms with Crippen LogP contribution >= 0.6 is 0 Å². The van der Waals surface area contributed by atoms with E-state index in [4.69, 9.17) is 0 Å². The molecule has 0 aromatic heterocycles. The molecule has 3 nitrogen and oxygen atoms in total. The van der Waals surface area contributed by atoms with Crippen molar-refractivity contribution in [1.82, 2.24) is 0 Å². The van der Waals surface area contributed by atoms with E-state index in [0.29, 0.717) is 0 Å². The van der Waals surface area contributed by atoms with Gasteiger partial charge in [0, 0.05) is 6.21 Å². The summed E-state index contributed by atoms with van der Waals surface area (Å²) >= 11 is 0. The van der Waals surface area contributed by atoms with Crippen molar-refractivity contribution in [2.45, 2.75) is 5.92 Å². The molecule has 0 saturated heterocycles. The molecule has 1 aliphatic heterocycles. The highest BCUT2D eigenvalue weighted by Crippen LogP contribution is 2.26. The molecule has 1 atom stereocenters. The summed E-state index contributed by atoms with van der Waals surface area (Å²) in [5.74, 6) is -0.279. The van der Waals surface area contributed by atoms with E-state index in [1.165, 1.54) is 5.01 Å². The maximum absolute atomic E-state index is 12.3. The van der Waals surface area contributed by atoms with Gasteiger partial charge in [0.1, 0.15) is 5.92 Å². The molecule has 0 radical (unpaired) electrons. The highest BCUT2D eigenvalue weighted by molar-refractivity contribution is 6.12. The van der Waals surface area contributed by atoms with Crippen molar-refractivity contribution in [2.75, 3.05) is 5.01 Å². The molecule has 0 fully saturated rings. The monoisotopic (exact) mass is 236 g/mol. The van der Waals surface area contributed by atoms with Crippen LogP contribution in [0.25, 0.3) is 0 Å². The average Bonchev–Trinajstić information content (AvgIpc) is 2.83. The Labute approximate surface area is 105 Å². The summed E-state index contributed by atoms with van der Waals surface area (Å²) < 4.78 is 0. The summed E-state index contributed by atoms with van der Waals surface area (Å²) in [5.41, 5.74) is 1.78. The van der Waals surface area contributed by atoms with Crippen LogP contribution in [0, 0.1) is 0 Å². The molecule has 0 bridgehead atoms. The van der Waals surface area contributed by atoms with E-state index in [1.54, 1.807) is 6.21 Å². The molecule has 88 valence electrons. The fraction of sp³-hybridized carbons (Fsp3) is 0.0667. The zero-order valence-corrected chi connectivity index (χ0v) is 9.73. The Morgan fingerprint density at radius 2 is 1.50 bits per heavy atom. The number of rotatable bonds is 2. The fourth-order valence-electron chi connectivity index (χ4n) is 2.04. The van der Waals surface area contributed by atoms with E-state index >= 15 is 0 Å². The molecule has 1 heterocycles. The van der Waals surface area contributed by atoms with Gasteiger partial charge in [0.25, 0.3) is 5.91 Å². The Morgan fingerprint density at radius 1 is 0.889 bits per heavy atom. The third-order valence-electron chi connectivity index (χ3n) is 2.97. The van der Waals surface area contributed by atoms with E-state index < -0.39 is 0 Å². The van der Waals surface area contributed by atoms with E-state index in [2.05, 4.69) is 5.10 Å². The van der Waals surface area contributed by atoms with Gasteiger partial charge in [-0.2, -0.15) is 5.10 Å². The Morgan fingerprint density at radius 3 is 2.17 bits per heavy atom. The average molecular weight is 236 g/mol. The first-order valence-electron chi connectivity index (χ1n) is 5.84. The predicted molar refractivity (Wildman–Crippen MR) is 71.6 cm³/mol. The van der Waals surface area contributed by atoms with Crippen LogP contribution in [-0.4, -0.2) is 12.1 Å². The van der Waals surface area contributed by atoms with E-state index in [9.17, 15) is 4.79 Å². The van der Waals surface area contributed by atoms with Crippen molar-refractivity contribution < 1.29 is 4.79 Å². The van der Waals surface area contributed by atoms with Gasteiger partial charge in [0.05, 0.1) is 5.69 Å². The minimum atomic E-state index is -0.272. The van der Waals surface area contributed by atoms with Crippen molar-refractivity contribution in [1.29, 1.82) is 0 Å². The molecule has 0 spiro atoms. The number of carbonyl (C=O) groups is 1. The summed E-state index contributed by atoms with van der Waals surface area (Å²) in [6.07, 6.45) is 1.70. The first-order valence-corrected chi connectivity index (χ1v) is 5.84. The van der Waals surface area contributed by atoms with Crippen LogP contribution in [0.5, 0.6) is 0 Å². The van der Waals surface area contributed by atoms with Gasteiger partial charge in [-0.15, -0.1) is 0 Å². The van der Waals surface area contributed by atoms with Crippen LogP contribution in [0.15, 0.2) is 65.8 Å². The second-order valence-electron chi connectivity index (χ2n) is 4.14. The Hall–Kier alpha value is -2.42. The quantitative estimate of drug-likeness (QED) is 0.789. The minimum Gasteiger partial charge on any atom is -0.271 e. The van der Waals surface area contributed by atoms with Gasteiger partial charge in [0.15, 0.2) is 0 Å². The number of nitrogens with zero attached hydrogens (tertiary/aromatic N) is 2. The lowest BCUT2D eigenvalue weighted by atomic mass is 10.0. The molecule has 0 saturated carbocycles. The number of anilines is 1. The van der Waals surface area contributed by atoms with Crippen LogP contribution < -0.4 is 5.01 Å². The molecule has 0 aliphatic carbocycles. The maximum atomic E-state index is 12.3. The second-order valence-corrected chi connectivity index (χ2v) is 4.14. The van der Waals surface area contributed by atoms with Crippen LogP contribution in [-0.2, 0) is 4.79 Å². The molecule has 2 aromatic carbocycles. The number of benzene rings is 2. The number of carbonyl (C=O) groups excluding carboxylic acids is 1. The van der Waals surface area contributed by atoms with Crippen molar-refractivity contribution in [2.24, 2.45) is 5.10 Å². The Kier molecular flexibility index (Phi) is 2.65. The van der Waals surface area contributed by atoms with Crippen molar-refractivity contribution in [3.05, 3.63) is 66.2 Å². The zero-order chi connectivity index (χ0) is 12.4. The minimum absolute atomic E-state index is 0.00704. The smallest absolute Gasteiger partial charge is 0.260 e. The number of hydrogen-bond donors (Lipinski definition) is 0. The molecule has 18 heavy (non-hydrogen) atoms. The van der Waals surface area contributed by atoms with Crippen LogP contribution in [0.2, 0.25) is 0 Å². The third kappa shape index (κ3) is 1.80. The lowest BCUT2D eigenvalue weighted by molar-refractivity contribution is -0.118. The summed E-state index contributed by atoms with van der Waals surface area (Å²) in [6.45, 7) is 0. The lowest BCUT2D eigenvalue weighted by Gasteiger charge is -2.14. The molecule has 1 aliphatic rings. The standard InChI is InChI=1S/C15H12N2O/c18-15-14(12-7-3-1-4-8-12)11-16-17(15)13-9-5-2-6-10-13/h1-11,14H. The molecule has 1 unspecified atom stereocenters. The first kappa shape index (κ1) is 10.7. The predicted octanol–water partition coefficient (Wildman–Crippen LogP) is 2.80. The second kappa shape index (κ2) is 4.45. The topological polar surface area (TPSA) is 32.7 Å². The largest absolute Gasteiger partial charge is 0.271 e. The van der Waals surface area contributed by atoms with Gasteiger partial charge in [-0.1, -0.05) is 48.5 Å². The molecule has 2 aromatic rings. The van der Waals surface area contributed by atoms with Gasteiger partial charge in [-0.3, -0.25) is 4.79 Å². The van der Waals surface area contributed by atoms with Gasteiger partial charge < -0.3 is 0 Å². The summed E-state index contributed by atoms with van der Waals surface area (Å²) in [7, 11) is 0. The SMILES string of the molecule is O=C1C(c2ccccc2)C=NN1c1ccccc1. The number of amides is 1. The normalized spacial score (nSPS) is 18.3. The first-order chi connectivity index (χ1) is 8.86. The van der Waals surface area contributed by atoms with Crippen LogP contribution in [0.1, 0.15) is 11.5 Å². The number of para-hydroxylation sites is 1. The maximum Gasteiger partial charge on any atom is 0.260 e. The molecule has 1 amide bonds. The third-order valence-corrected chi connectivity index (χ3v) is 2.97. The highest BCUT2D eigenvalue weighted by Gasteiger charge is 2.30. The lowest BCUT2D eigenvalue weighted by Crippen LogP contribution is -2.24. The molecule has 3 heteroatoms. The Balaban J connectivity index is 1.89. The van der Waals surface area contributed by atoms with Crippen molar-refractivity contribution in [3.8, 4) is 0 Å². The molecular weight excluding hydrogens is 224 g/mol. The zero-order valence-electron chi connectivity index (χ0n) is 9.73. The van der Waals surface area contributed by atoms with Crippen molar-refractivity contribution in [3.63, 3.8) is 0 Å². The van der Waals surface area contributed by atoms with Gasteiger partial charge in [0.2, 0.25) is 0 Å². The number of hydrazone groups is 1. The van der Waals surface area contributed by atoms with Crippen LogP contribution in [0.4, 0.5) is 5.69 Å².